The minimum Gasteiger partial charge on any atom is -0.353 e. The van der Waals surface area contributed by atoms with Crippen molar-refractivity contribution < 1.29 is 4.79 Å². The van der Waals surface area contributed by atoms with Crippen LogP contribution in [0.1, 0.15) is 24.8 Å². The second kappa shape index (κ2) is 7.52. The standard InChI is InChI=1S/C20H26N6O/c21-20(7-4-8-20)19(27)24-15-16-5-3-10-23-18(16)26-13-11-25(12-14-26)17-6-1-2-9-22-17/h1-3,5-6,9-10H,4,7-8,11-15,21H2,(H,24,27). The zero-order valence-corrected chi connectivity index (χ0v) is 15.5. The molecule has 1 saturated carbocycles. The van der Waals surface area contributed by atoms with Gasteiger partial charge in [0.2, 0.25) is 5.91 Å². The topological polar surface area (TPSA) is 87.4 Å². The lowest BCUT2D eigenvalue weighted by Crippen LogP contribution is -2.58. The Labute approximate surface area is 159 Å². The van der Waals surface area contributed by atoms with Crippen LogP contribution >= 0.6 is 0 Å². The summed E-state index contributed by atoms with van der Waals surface area (Å²) in [7, 11) is 0. The van der Waals surface area contributed by atoms with Gasteiger partial charge in [-0.15, -0.1) is 0 Å². The first kappa shape index (κ1) is 17.7. The first-order chi connectivity index (χ1) is 13.2. The second-order valence-electron chi connectivity index (χ2n) is 7.34. The highest BCUT2D eigenvalue weighted by molar-refractivity contribution is 5.87. The molecule has 3 heterocycles. The van der Waals surface area contributed by atoms with E-state index in [9.17, 15) is 4.79 Å². The molecule has 3 N–H and O–H groups in total. The van der Waals surface area contributed by atoms with E-state index in [0.29, 0.717) is 6.54 Å². The van der Waals surface area contributed by atoms with Crippen molar-refractivity contribution in [1.82, 2.24) is 15.3 Å². The van der Waals surface area contributed by atoms with Crippen LogP contribution in [-0.2, 0) is 11.3 Å². The lowest BCUT2D eigenvalue weighted by atomic mass is 9.77. The number of piperazine rings is 1. The van der Waals surface area contributed by atoms with Crippen LogP contribution in [0.5, 0.6) is 0 Å². The average molecular weight is 366 g/mol. The average Bonchev–Trinajstić information content (AvgIpc) is 2.71. The van der Waals surface area contributed by atoms with E-state index >= 15 is 0 Å². The molecule has 1 aliphatic carbocycles. The van der Waals surface area contributed by atoms with Crippen molar-refractivity contribution >= 4 is 17.5 Å². The fourth-order valence-electron chi connectivity index (χ4n) is 3.68. The molecule has 1 amide bonds. The number of carbonyl (C=O) groups excluding carboxylic acids is 1. The zero-order chi connectivity index (χ0) is 18.7. The number of amides is 1. The van der Waals surface area contributed by atoms with Crippen molar-refractivity contribution in [3.05, 3.63) is 48.3 Å². The lowest BCUT2D eigenvalue weighted by molar-refractivity contribution is -0.129. The second-order valence-corrected chi connectivity index (χ2v) is 7.34. The van der Waals surface area contributed by atoms with Crippen LogP contribution in [0.3, 0.4) is 0 Å². The number of carbonyl (C=O) groups is 1. The number of nitrogens with zero attached hydrogens (tertiary/aromatic N) is 4. The Kier molecular flexibility index (Phi) is 4.94. The van der Waals surface area contributed by atoms with Crippen LogP contribution in [0.4, 0.5) is 11.6 Å². The van der Waals surface area contributed by atoms with Gasteiger partial charge in [-0.3, -0.25) is 4.79 Å². The van der Waals surface area contributed by atoms with Crippen molar-refractivity contribution in [3.63, 3.8) is 0 Å². The van der Waals surface area contributed by atoms with Crippen LogP contribution < -0.4 is 20.9 Å². The molecule has 0 aromatic carbocycles. The van der Waals surface area contributed by atoms with Crippen LogP contribution in [0.2, 0.25) is 0 Å². The van der Waals surface area contributed by atoms with E-state index in [2.05, 4.69) is 25.1 Å². The Hall–Kier alpha value is -2.67. The van der Waals surface area contributed by atoms with E-state index in [0.717, 1.165) is 62.6 Å². The van der Waals surface area contributed by atoms with E-state index in [1.165, 1.54) is 0 Å². The fraction of sp³-hybridized carbons (Fsp3) is 0.450. The normalized spacial score (nSPS) is 18.7. The van der Waals surface area contributed by atoms with Crippen LogP contribution in [0.25, 0.3) is 0 Å². The van der Waals surface area contributed by atoms with Gasteiger partial charge in [0.1, 0.15) is 11.6 Å². The van der Waals surface area contributed by atoms with Gasteiger partial charge >= 0.3 is 0 Å². The molecule has 1 saturated heterocycles. The molecule has 7 nitrogen and oxygen atoms in total. The Morgan fingerprint density at radius 3 is 2.44 bits per heavy atom. The predicted molar refractivity (Wildman–Crippen MR) is 106 cm³/mol. The molecule has 1 aliphatic heterocycles. The number of rotatable bonds is 5. The number of hydrogen-bond donors (Lipinski definition) is 2. The van der Waals surface area contributed by atoms with Crippen molar-refractivity contribution in [2.75, 3.05) is 36.0 Å². The van der Waals surface area contributed by atoms with Crippen molar-refractivity contribution in [2.45, 2.75) is 31.3 Å². The summed E-state index contributed by atoms with van der Waals surface area (Å²) < 4.78 is 0. The molecule has 0 unspecified atom stereocenters. The SMILES string of the molecule is NC1(C(=O)NCc2cccnc2N2CCN(c3ccccn3)CC2)CCC1. The molecular weight excluding hydrogens is 340 g/mol. The Morgan fingerprint density at radius 2 is 1.78 bits per heavy atom. The Morgan fingerprint density at radius 1 is 1.04 bits per heavy atom. The lowest BCUT2D eigenvalue weighted by Gasteiger charge is -2.37. The molecule has 4 rings (SSSR count). The van der Waals surface area contributed by atoms with Gasteiger partial charge in [0, 0.05) is 50.7 Å². The molecule has 2 aliphatic rings. The highest BCUT2D eigenvalue weighted by atomic mass is 16.2. The molecule has 2 fully saturated rings. The summed E-state index contributed by atoms with van der Waals surface area (Å²) in [6, 6.07) is 9.93. The van der Waals surface area contributed by atoms with Crippen LogP contribution in [0, 0.1) is 0 Å². The van der Waals surface area contributed by atoms with Crippen molar-refractivity contribution in [1.29, 1.82) is 0 Å². The van der Waals surface area contributed by atoms with Gasteiger partial charge < -0.3 is 20.9 Å². The van der Waals surface area contributed by atoms with Crippen molar-refractivity contribution in [2.24, 2.45) is 5.73 Å². The van der Waals surface area contributed by atoms with E-state index < -0.39 is 5.54 Å². The summed E-state index contributed by atoms with van der Waals surface area (Å²) in [5, 5.41) is 3.00. The molecular formula is C20H26N6O. The molecule has 2 aromatic rings. The fourth-order valence-corrected chi connectivity index (χ4v) is 3.68. The summed E-state index contributed by atoms with van der Waals surface area (Å²) in [5.74, 6) is 1.90. The third-order valence-electron chi connectivity index (χ3n) is 5.56. The summed E-state index contributed by atoms with van der Waals surface area (Å²) >= 11 is 0. The molecule has 2 aromatic heterocycles. The summed E-state index contributed by atoms with van der Waals surface area (Å²) in [5.41, 5.74) is 6.47. The maximum atomic E-state index is 12.3. The van der Waals surface area contributed by atoms with Gasteiger partial charge in [0.15, 0.2) is 0 Å². The minimum absolute atomic E-state index is 0.0523. The van der Waals surface area contributed by atoms with E-state index in [-0.39, 0.29) is 5.91 Å². The van der Waals surface area contributed by atoms with Gasteiger partial charge in [-0.1, -0.05) is 12.1 Å². The first-order valence-electron chi connectivity index (χ1n) is 9.58. The van der Waals surface area contributed by atoms with E-state index in [1.54, 1.807) is 0 Å². The first-order valence-corrected chi connectivity index (χ1v) is 9.58. The maximum absolute atomic E-state index is 12.3. The minimum atomic E-state index is -0.670. The Balaban J connectivity index is 1.39. The monoisotopic (exact) mass is 366 g/mol. The van der Waals surface area contributed by atoms with Crippen LogP contribution in [-0.4, -0.2) is 47.6 Å². The van der Waals surface area contributed by atoms with Crippen LogP contribution in [0.15, 0.2) is 42.7 Å². The summed E-state index contributed by atoms with van der Waals surface area (Å²) in [6.07, 6.45) is 6.21. The van der Waals surface area contributed by atoms with Crippen molar-refractivity contribution in [3.8, 4) is 0 Å². The summed E-state index contributed by atoms with van der Waals surface area (Å²) in [6.45, 7) is 3.99. The van der Waals surface area contributed by atoms with E-state index in [1.807, 2.05) is 42.7 Å². The number of anilines is 2. The third-order valence-corrected chi connectivity index (χ3v) is 5.56. The maximum Gasteiger partial charge on any atom is 0.240 e. The number of aromatic nitrogens is 2. The predicted octanol–water partition coefficient (Wildman–Crippen LogP) is 1.30. The zero-order valence-electron chi connectivity index (χ0n) is 15.5. The number of hydrogen-bond acceptors (Lipinski definition) is 6. The highest BCUT2D eigenvalue weighted by Gasteiger charge is 2.39. The molecule has 0 radical (unpaired) electrons. The molecule has 0 bridgehead atoms. The number of nitrogens with one attached hydrogen (secondary N) is 1. The number of pyridine rings is 2. The smallest absolute Gasteiger partial charge is 0.240 e. The van der Waals surface area contributed by atoms with Gasteiger partial charge in [-0.2, -0.15) is 0 Å². The molecule has 0 spiro atoms. The quantitative estimate of drug-likeness (QED) is 0.829. The van der Waals surface area contributed by atoms with Gasteiger partial charge in [-0.25, -0.2) is 9.97 Å². The highest BCUT2D eigenvalue weighted by Crippen LogP contribution is 2.29. The largest absolute Gasteiger partial charge is 0.353 e. The molecule has 142 valence electrons. The van der Waals surface area contributed by atoms with E-state index in [4.69, 9.17) is 5.73 Å². The molecule has 27 heavy (non-hydrogen) atoms. The third kappa shape index (κ3) is 3.73. The number of nitrogens with two attached hydrogens (primary N) is 1. The summed E-state index contributed by atoms with van der Waals surface area (Å²) in [4.78, 5) is 25.9. The van der Waals surface area contributed by atoms with Gasteiger partial charge in [0.05, 0.1) is 5.54 Å². The molecule has 7 heteroatoms. The van der Waals surface area contributed by atoms with Gasteiger partial charge in [0.25, 0.3) is 0 Å². The molecule has 0 atom stereocenters. The Bertz CT molecular complexity index is 784. The van der Waals surface area contributed by atoms with Gasteiger partial charge in [-0.05, 0) is 37.5 Å².